The molecule has 4 rings (SSSR count). The van der Waals surface area contributed by atoms with E-state index in [2.05, 4.69) is 18.8 Å². The Kier molecular flexibility index (Phi) is 7.67. The molecule has 0 bridgehead atoms. The third-order valence-corrected chi connectivity index (χ3v) is 8.93. The number of aromatic nitrogens is 1. The summed E-state index contributed by atoms with van der Waals surface area (Å²) in [7, 11) is -3.59. The van der Waals surface area contributed by atoms with E-state index in [9.17, 15) is 13.2 Å². The number of rotatable bonds is 7. The molecule has 0 N–H and O–H groups in total. The van der Waals surface area contributed by atoms with E-state index < -0.39 is 15.9 Å². The summed E-state index contributed by atoms with van der Waals surface area (Å²) in [5.41, 5.74) is 1.36. The number of thiazole rings is 1. The van der Waals surface area contributed by atoms with Crippen molar-refractivity contribution in [2.24, 2.45) is 16.8 Å². The molecule has 7 nitrogen and oxygen atoms in total. The standard InChI is InChI=1S/C25H31N3O4S2/c1-4-32-14-13-28-22-7-5-6-8-23(22)33-25(28)26-24(29)20-9-11-21(12-10-20)34(30,31)27-16-18(2)15-19(3)17-27/h5-12,18-19H,4,13-17H2,1-3H3/t18-,19-/m0/s1. The van der Waals surface area contributed by atoms with Gasteiger partial charge in [0, 0.05) is 31.8 Å². The second kappa shape index (κ2) is 10.5. The predicted molar refractivity (Wildman–Crippen MR) is 134 cm³/mol. The number of amides is 1. The van der Waals surface area contributed by atoms with Crippen molar-refractivity contribution in [1.29, 1.82) is 0 Å². The van der Waals surface area contributed by atoms with Gasteiger partial charge in [-0.15, -0.1) is 0 Å². The van der Waals surface area contributed by atoms with Gasteiger partial charge in [0.05, 0.1) is 21.7 Å². The molecule has 9 heteroatoms. The van der Waals surface area contributed by atoms with Crippen LogP contribution in [-0.4, -0.2) is 49.5 Å². The number of hydrogen-bond acceptors (Lipinski definition) is 5. The van der Waals surface area contributed by atoms with Crippen LogP contribution in [0.1, 0.15) is 37.6 Å². The molecule has 0 aliphatic carbocycles. The number of nitrogens with zero attached hydrogens (tertiary/aromatic N) is 3. The summed E-state index contributed by atoms with van der Waals surface area (Å²) in [4.78, 5) is 18.1. The maximum atomic E-state index is 13.1. The minimum atomic E-state index is -3.59. The zero-order valence-corrected chi connectivity index (χ0v) is 21.4. The van der Waals surface area contributed by atoms with Crippen LogP contribution in [0.5, 0.6) is 0 Å². The van der Waals surface area contributed by atoms with Gasteiger partial charge in [-0.25, -0.2) is 8.42 Å². The molecule has 1 saturated heterocycles. The molecular formula is C25H31N3O4S2. The van der Waals surface area contributed by atoms with Gasteiger partial charge in [0.25, 0.3) is 5.91 Å². The minimum absolute atomic E-state index is 0.207. The van der Waals surface area contributed by atoms with Crippen LogP contribution in [0, 0.1) is 11.8 Å². The summed E-state index contributed by atoms with van der Waals surface area (Å²) in [5, 5.41) is 0. The van der Waals surface area contributed by atoms with Crippen molar-refractivity contribution in [2.75, 3.05) is 26.3 Å². The molecule has 2 aromatic carbocycles. The Balaban J connectivity index is 1.60. The van der Waals surface area contributed by atoms with Crippen molar-refractivity contribution in [2.45, 2.75) is 38.6 Å². The molecule has 1 amide bonds. The van der Waals surface area contributed by atoms with Gasteiger partial charge in [0.15, 0.2) is 4.80 Å². The number of ether oxygens (including phenoxy) is 1. The number of para-hydroxylation sites is 1. The van der Waals surface area contributed by atoms with E-state index in [0.717, 1.165) is 16.6 Å². The fraction of sp³-hybridized carbons (Fsp3) is 0.440. The first-order valence-corrected chi connectivity index (χ1v) is 13.9. The third kappa shape index (κ3) is 5.33. The highest BCUT2D eigenvalue weighted by Gasteiger charge is 2.31. The summed E-state index contributed by atoms with van der Waals surface area (Å²) >= 11 is 1.45. The van der Waals surface area contributed by atoms with Crippen molar-refractivity contribution in [3.8, 4) is 0 Å². The van der Waals surface area contributed by atoms with Gasteiger partial charge < -0.3 is 9.30 Å². The first kappa shape index (κ1) is 24.8. The lowest BCUT2D eigenvalue weighted by Crippen LogP contribution is -2.42. The highest BCUT2D eigenvalue weighted by atomic mass is 32.2. The van der Waals surface area contributed by atoms with Gasteiger partial charge in [-0.1, -0.05) is 37.3 Å². The SMILES string of the molecule is CCOCCn1c(=NC(=O)c2ccc(S(=O)(=O)N3C[C@@H](C)C[C@H](C)C3)cc2)sc2ccccc21. The summed E-state index contributed by atoms with van der Waals surface area (Å²) in [5.74, 6) is 0.253. The number of fused-ring (bicyclic) bond motifs is 1. The predicted octanol–water partition coefficient (Wildman–Crippen LogP) is 4.15. The molecule has 0 saturated carbocycles. The molecule has 0 radical (unpaired) electrons. The molecule has 1 fully saturated rings. The average molecular weight is 502 g/mol. The summed E-state index contributed by atoms with van der Waals surface area (Å²) in [6.07, 6.45) is 1.03. The highest BCUT2D eigenvalue weighted by Crippen LogP contribution is 2.27. The lowest BCUT2D eigenvalue weighted by Gasteiger charge is -2.34. The second-order valence-electron chi connectivity index (χ2n) is 8.91. The van der Waals surface area contributed by atoms with E-state index in [4.69, 9.17) is 4.74 Å². The van der Waals surface area contributed by atoms with Crippen molar-refractivity contribution < 1.29 is 17.9 Å². The van der Waals surface area contributed by atoms with Crippen molar-refractivity contribution in [3.05, 3.63) is 58.9 Å². The number of piperidine rings is 1. The van der Waals surface area contributed by atoms with Crippen LogP contribution in [0.2, 0.25) is 0 Å². The van der Waals surface area contributed by atoms with Crippen molar-refractivity contribution in [1.82, 2.24) is 8.87 Å². The smallest absolute Gasteiger partial charge is 0.279 e. The Hall–Kier alpha value is -2.33. The average Bonchev–Trinajstić information content (AvgIpc) is 3.15. The Bertz CT molecular complexity index is 1320. The maximum absolute atomic E-state index is 13.1. The number of carbonyl (C=O) groups is 1. The summed E-state index contributed by atoms with van der Waals surface area (Å²) in [6.45, 7) is 8.89. The van der Waals surface area contributed by atoms with E-state index in [1.807, 2.05) is 35.8 Å². The van der Waals surface area contributed by atoms with Gasteiger partial charge in [-0.2, -0.15) is 9.30 Å². The number of carbonyl (C=O) groups excluding carboxylic acids is 1. The lowest BCUT2D eigenvalue weighted by molar-refractivity contribution is 0.0996. The quantitative estimate of drug-likeness (QED) is 0.456. The Morgan fingerprint density at radius 3 is 2.44 bits per heavy atom. The fourth-order valence-electron chi connectivity index (χ4n) is 4.49. The largest absolute Gasteiger partial charge is 0.380 e. The first-order valence-electron chi connectivity index (χ1n) is 11.6. The van der Waals surface area contributed by atoms with Gasteiger partial charge >= 0.3 is 0 Å². The van der Waals surface area contributed by atoms with Gasteiger partial charge in [0.2, 0.25) is 10.0 Å². The molecule has 2 heterocycles. The Morgan fingerprint density at radius 1 is 1.09 bits per heavy atom. The van der Waals surface area contributed by atoms with E-state index in [0.29, 0.717) is 55.0 Å². The maximum Gasteiger partial charge on any atom is 0.279 e. The van der Waals surface area contributed by atoms with Crippen LogP contribution in [-0.2, 0) is 21.3 Å². The third-order valence-electron chi connectivity index (χ3n) is 6.02. The Morgan fingerprint density at radius 2 is 1.76 bits per heavy atom. The molecule has 182 valence electrons. The molecule has 0 unspecified atom stereocenters. The number of hydrogen-bond donors (Lipinski definition) is 0. The number of benzene rings is 2. The van der Waals surface area contributed by atoms with Crippen LogP contribution in [0.15, 0.2) is 58.4 Å². The van der Waals surface area contributed by atoms with Crippen LogP contribution < -0.4 is 4.80 Å². The topological polar surface area (TPSA) is 81.0 Å². The van der Waals surface area contributed by atoms with E-state index in [1.165, 1.54) is 23.5 Å². The Labute approximate surface area is 204 Å². The lowest BCUT2D eigenvalue weighted by atomic mass is 9.94. The zero-order valence-electron chi connectivity index (χ0n) is 19.8. The van der Waals surface area contributed by atoms with Crippen LogP contribution in [0.25, 0.3) is 10.2 Å². The normalized spacial score (nSPS) is 20.1. The molecular weight excluding hydrogens is 470 g/mol. The molecule has 1 aromatic heterocycles. The minimum Gasteiger partial charge on any atom is -0.380 e. The zero-order chi connectivity index (χ0) is 24.3. The molecule has 1 aliphatic heterocycles. The van der Waals surface area contributed by atoms with Crippen LogP contribution in [0.4, 0.5) is 0 Å². The monoisotopic (exact) mass is 501 g/mol. The van der Waals surface area contributed by atoms with Gasteiger partial charge in [-0.3, -0.25) is 4.79 Å². The molecule has 34 heavy (non-hydrogen) atoms. The van der Waals surface area contributed by atoms with E-state index >= 15 is 0 Å². The highest BCUT2D eigenvalue weighted by molar-refractivity contribution is 7.89. The van der Waals surface area contributed by atoms with Crippen molar-refractivity contribution >= 4 is 37.5 Å². The number of sulfonamides is 1. The fourth-order valence-corrected chi connectivity index (χ4v) is 7.23. The van der Waals surface area contributed by atoms with Crippen LogP contribution >= 0.6 is 11.3 Å². The summed E-state index contributed by atoms with van der Waals surface area (Å²) < 4.78 is 36.3. The van der Waals surface area contributed by atoms with Gasteiger partial charge in [0.1, 0.15) is 0 Å². The van der Waals surface area contributed by atoms with Crippen molar-refractivity contribution in [3.63, 3.8) is 0 Å². The molecule has 2 atom stereocenters. The molecule has 1 aliphatic rings. The summed E-state index contributed by atoms with van der Waals surface area (Å²) in [6, 6.07) is 14.0. The van der Waals surface area contributed by atoms with E-state index in [1.54, 1.807) is 16.4 Å². The second-order valence-corrected chi connectivity index (χ2v) is 11.9. The van der Waals surface area contributed by atoms with E-state index in [-0.39, 0.29) is 4.90 Å². The van der Waals surface area contributed by atoms with Crippen LogP contribution in [0.3, 0.4) is 0 Å². The molecule has 0 spiro atoms. The first-order chi connectivity index (χ1) is 16.3. The molecule has 3 aromatic rings. The van der Waals surface area contributed by atoms with Gasteiger partial charge in [-0.05, 0) is 61.6 Å².